The molecule has 1 aromatic carbocycles. The van der Waals surface area contributed by atoms with Gasteiger partial charge in [0.05, 0.1) is 17.0 Å². The fourth-order valence-corrected chi connectivity index (χ4v) is 3.75. The van der Waals surface area contributed by atoms with Gasteiger partial charge in [0.25, 0.3) is 5.89 Å². The van der Waals surface area contributed by atoms with E-state index >= 15 is 0 Å². The monoisotopic (exact) mass is 305 g/mol. The van der Waals surface area contributed by atoms with Gasteiger partial charge in [-0.1, -0.05) is 30.5 Å². The number of phenols is 1. The second-order valence-electron chi connectivity index (χ2n) is 5.33. The average molecular weight is 305 g/mol. The third kappa shape index (κ3) is 3.32. The molecule has 3 N–H and O–H groups in total. The van der Waals surface area contributed by atoms with E-state index in [0.29, 0.717) is 28.2 Å². The van der Waals surface area contributed by atoms with Crippen molar-refractivity contribution in [3.63, 3.8) is 0 Å². The lowest BCUT2D eigenvalue weighted by molar-refractivity contribution is 0.420. The van der Waals surface area contributed by atoms with Crippen LogP contribution in [0.1, 0.15) is 37.9 Å². The molecule has 0 saturated heterocycles. The molecule has 1 aromatic heterocycles. The number of nitrogen functional groups attached to an aromatic ring is 1. The Kier molecular flexibility index (Phi) is 4.34. The summed E-state index contributed by atoms with van der Waals surface area (Å²) in [6, 6.07) is 5.11. The summed E-state index contributed by atoms with van der Waals surface area (Å²) in [5.74, 6) is 1.73. The minimum atomic E-state index is -0.00682. The highest BCUT2D eigenvalue weighted by Crippen LogP contribution is 2.34. The number of hydrogen-bond donors (Lipinski definition) is 2. The minimum Gasteiger partial charge on any atom is -0.505 e. The van der Waals surface area contributed by atoms with E-state index in [4.69, 9.17) is 10.3 Å². The lowest BCUT2D eigenvalue weighted by Gasteiger charge is -2.19. The van der Waals surface area contributed by atoms with Crippen LogP contribution in [0.25, 0.3) is 11.5 Å². The van der Waals surface area contributed by atoms with Crippen molar-refractivity contribution in [1.29, 1.82) is 0 Å². The van der Waals surface area contributed by atoms with E-state index in [9.17, 15) is 5.11 Å². The second-order valence-corrected chi connectivity index (χ2v) is 6.62. The number of thioether (sulfide) groups is 1. The van der Waals surface area contributed by atoms with Crippen molar-refractivity contribution in [2.45, 2.75) is 43.1 Å². The summed E-state index contributed by atoms with van der Waals surface area (Å²) < 4.78 is 5.24. The highest BCUT2D eigenvalue weighted by atomic mass is 32.2. The first-order valence-electron chi connectivity index (χ1n) is 7.26. The molecule has 2 aromatic rings. The number of anilines is 1. The molecule has 21 heavy (non-hydrogen) atoms. The molecule has 3 rings (SSSR count). The van der Waals surface area contributed by atoms with Gasteiger partial charge in [-0.15, -0.1) is 0 Å². The molecule has 5 nitrogen and oxygen atoms in total. The molecule has 0 unspecified atom stereocenters. The molecule has 0 spiro atoms. The minimum absolute atomic E-state index is 0.00682. The van der Waals surface area contributed by atoms with Crippen LogP contribution in [0.15, 0.2) is 22.7 Å². The van der Waals surface area contributed by atoms with E-state index in [1.54, 1.807) is 18.2 Å². The van der Waals surface area contributed by atoms with Crippen molar-refractivity contribution >= 4 is 17.4 Å². The van der Waals surface area contributed by atoms with Crippen LogP contribution < -0.4 is 5.73 Å². The summed E-state index contributed by atoms with van der Waals surface area (Å²) >= 11 is 1.89. The number of phenolic OH excluding ortho intramolecular Hbond substituents is 1. The number of aromatic hydroxyl groups is 1. The Hall–Kier alpha value is -1.69. The number of para-hydroxylation sites is 1. The summed E-state index contributed by atoms with van der Waals surface area (Å²) in [6.07, 6.45) is 6.58. The smallest absolute Gasteiger partial charge is 0.261 e. The van der Waals surface area contributed by atoms with Crippen LogP contribution in [0.2, 0.25) is 0 Å². The molecule has 0 radical (unpaired) electrons. The van der Waals surface area contributed by atoms with E-state index in [-0.39, 0.29) is 5.75 Å². The molecule has 0 bridgehead atoms. The maximum Gasteiger partial charge on any atom is 0.261 e. The zero-order chi connectivity index (χ0) is 14.7. The van der Waals surface area contributed by atoms with Gasteiger partial charge >= 0.3 is 0 Å². The molecule has 1 saturated carbocycles. The third-order valence-corrected chi connectivity index (χ3v) is 5.13. The van der Waals surface area contributed by atoms with Crippen molar-refractivity contribution in [2.24, 2.45) is 0 Å². The zero-order valence-corrected chi connectivity index (χ0v) is 12.6. The van der Waals surface area contributed by atoms with Gasteiger partial charge in [0.15, 0.2) is 11.6 Å². The highest BCUT2D eigenvalue weighted by Gasteiger charge is 2.17. The Bertz CT molecular complexity index is 609. The zero-order valence-electron chi connectivity index (χ0n) is 11.8. The van der Waals surface area contributed by atoms with Crippen LogP contribution >= 0.6 is 11.8 Å². The van der Waals surface area contributed by atoms with Gasteiger partial charge in [0.2, 0.25) is 0 Å². The van der Waals surface area contributed by atoms with Crippen molar-refractivity contribution in [3.8, 4) is 17.2 Å². The number of benzene rings is 1. The third-order valence-electron chi connectivity index (χ3n) is 3.77. The van der Waals surface area contributed by atoms with Gasteiger partial charge in [-0.3, -0.25) is 0 Å². The van der Waals surface area contributed by atoms with E-state index in [2.05, 4.69) is 10.1 Å². The molecule has 6 heteroatoms. The second kappa shape index (κ2) is 6.39. The summed E-state index contributed by atoms with van der Waals surface area (Å²) in [5, 5.41) is 14.6. The number of rotatable bonds is 4. The summed E-state index contributed by atoms with van der Waals surface area (Å²) in [4.78, 5) is 4.35. The number of hydrogen-bond acceptors (Lipinski definition) is 6. The number of aromatic nitrogens is 2. The van der Waals surface area contributed by atoms with Crippen LogP contribution in [0.4, 0.5) is 5.69 Å². The molecule has 112 valence electrons. The molecule has 0 amide bonds. The predicted octanol–water partition coefficient (Wildman–Crippen LogP) is 3.59. The fraction of sp³-hybridized carbons (Fsp3) is 0.467. The topological polar surface area (TPSA) is 85.2 Å². The lowest BCUT2D eigenvalue weighted by atomic mass is 10.0. The number of nitrogens with two attached hydrogens (primary N) is 1. The van der Waals surface area contributed by atoms with Crippen LogP contribution in [-0.4, -0.2) is 20.5 Å². The fourth-order valence-electron chi connectivity index (χ4n) is 2.58. The molecule has 0 atom stereocenters. The van der Waals surface area contributed by atoms with E-state index < -0.39 is 0 Å². The molecule has 1 heterocycles. The summed E-state index contributed by atoms with van der Waals surface area (Å²) in [5.41, 5.74) is 6.47. The maximum absolute atomic E-state index is 9.94. The van der Waals surface area contributed by atoms with Crippen molar-refractivity contribution in [1.82, 2.24) is 10.1 Å². The lowest BCUT2D eigenvalue weighted by Crippen LogP contribution is -2.08. The Morgan fingerprint density at radius 2 is 2.10 bits per heavy atom. The van der Waals surface area contributed by atoms with Crippen LogP contribution in [0.3, 0.4) is 0 Å². The standard InChI is InChI=1S/C15H19N3O2S/c16-12-8-4-7-11(14(12)19)15-17-13(18-20-15)9-21-10-5-2-1-3-6-10/h4,7-8,10,19H,1-3,5-6,9,16H2. The van der Waals surface area contributed by atoms with Crippen LogP contribution in [0, 0.1) is 0 Å². The Morgan fingerprint density at radius 3 is 2.90 bits per heavy atom. The van der Waals surface area contributed by atoms with Gasteiger partial charge in [-0.05, 0) is 25.0 Å². The normalized spacial score (nSPS) is 16.2. The molecule has 1 aliphatic carbocycles. The largest absolute Gasteiger partial charge is 0.505 e. The quantitative estimate of drug-likeness (QED) is 0.663. The molecule has 1 fully saturated rings. The van der Waals surface area contributed by atoms with Crippen molar-refractivity contribution < 1.29 is 9.63 Å². The first-order valence-corrected chi connectivity index (χ1v) is 8.31. The predicted molar refractivity (Wildman–Crippen MR) is 84.0 cm³/mol. The van der Waals surface area contributed by atoms with Gasteiger partial charge in [0, 0.05) is 5.25 Å². The van der Waals surface area contributed by atoms with E-state index in [0.717, 1.165) is 5.75 Å². The molecular weight excluding hydrogens is 286 g/mol. The molecule has 0 aliphatic heterocycles. The molecular formula is C15H19N3O2S. The van der Waals surface area contributed by atoms with Gasteiger partial charge in [-0.25, -0.2) is 0 Å². The van der Waals surface area contributed by atoms with Crippen LogP contribution in [-0.2, 0) is 5.75 Å². The maximum atomic E-state index is 9.94. The average Bonchev–Trinajstić information content (AvgIpc) is 2.98. The van der Waals surface area contributed by atoms with E-state index in [1.165, 1.54) is 32.1 Å². The number of nitrogens with zero attached hydrogens (tertiary/aromatic N) is 2. The van der Waals surface area contributed by atoms with Gasteiger partial charge < -0.3 is 15.4 Å². The SMILES string of the molecule is Nc1cccc(-c2nc(CSC3CCCCC3)no2)c1O. The Balaban J connectivity index is 1.67. The van der Waals surface area contributed by atoms with Crippen molar-refractivity contribution in [3.05, 3.63) is 24.0 Å². The first kappa shape index (κ1) is 14.3. The van der Waals surface area contributed by atoms with Crippen molar-refractivity contribution in [2.75, 3.05) is 5.73 Å². The Morgan fingerprint density at radius 1 is 1.29 bits per heavy atom. The van der Waals surface area contributed by atoms with Crippen LogP contribution in [0.5, 0.6) is 5.75 Å². The summed E-state index contributed by atoms with van der Waals surface area (Å²) in [6.45, 7) is 0. The van der Waals surface area contributed by atoms with Gasteiger partial charge in [-0.2, -0.15) is 16.7 Å². The first-order chi connectivity index (χ1) is 10.2. The highest BCUT2D eigenvalue weighted by molar-refractivity contribution is 7.99. The van der Waals surface area contributed by atoms with E-state index in [1.807, 2.05) is 11.8 Å². The Labute approximate surface area is 127 Å². The summed E-state index contributed by atoms with van der Waals surface area (Å²) in [7, 11) is 0. The molecule has 1 aliphatic rings. The van der Waals surface area contributed by atoms with Gasteiger partial charge in [0.1, 0.15) is 0 Å².